The van der Waals surface area contributed by atoms with Gasteiger partial charge in [-0.3, -0.25) is 9.69 Å². The Balaban J connectivity index is 2.19. The molecule has 5 nitrogen and oxygen atoms in total. The summed E-state index contributed by atoms with van der Waals surface area (Å²) >= 11 is 3.42. The number of halogens is 1. The highest BCUT2D eigenvalue weighted by Gasteiger charge is 2.24. The van der Waals surface area contributed by atoms with E-state index >= 15 is 0 Å². The zero-order valence-corrected chi connectivity index (χ0v) is 12.7. The fourth-order valence-corrected chi connectivity index (χ4v) is 2.58. The molecule has 2 heterocycles. The second-order valence-electron chi connectivity index (χ2n) is 4.61. The lowest BCUT2D eigenvalue weighted by atomic mass is 10.2. The zero-order chi connectivity index (χ0) is 13.8. The Kier molecular flexibility index (Phi) is 4.76. The van der Waals surface area contributed by atoms with E-state index in [1.165, 1.54) is 0 Å². The Morgan fingerprint density at radius 3 is 3.16 bits per heavy atom. The number of carbonyl (C=O) groups excluding carboxylic acids is 1. The summed E-state index contributed by atoms with van der Waals surface area (Å²) in [5.74, 6) is 0.694. The van der Waals surface area contributed by atoms with Gasteiger partial charge in [-0.15, -0.1) is 0 Å². The maximum absolute atomic E-state index is 11.8. The van der Waals surface area contributed by atoms with Crippen LogP contribution in [0.15, 0.2) is 16.7 Å². The Hall–Kier alpha value is -1.14. The van der Waals surface area contributed by atoms with Crippen molar-refractivity contribution in [3.63, 3.8) is 0 Å². The second kappa shape index (κ2) is 6.34. The third-order valence-corrected chi connectivity index (χ3v) is 3.74. The van der Waals surface area contributed by atoms with Crippen molar-refractivity contribution in [2.45, 2.75) is 25.9 Å². The Bertz CT molecular complexity index is 467. The van der Waals surface area contributed by atoms with E-state index < -0.39 is 0 Å². The van der Waals surface area contributed by atoms with Gasteiger partial charge in [-0.2, -0.15) is 0 Å². The monoisotopic (exact) mass is 327 g/mol. The summed E-state index contributed by atoms with van der Waals surface area (Å²) in [5, 5.41) is 2.91. The van der Waals surface area contributed by atoms with Crippen molar-refractivity contribution in [2.75, 3.05) is 20.2 Å². The number of hydrogen-bond acceptors (Lipinski definition) is 4. The van der Waals surface area contributed by atoms with Gasteiger partial charge < -0.3 is 10.1 Å². The standard InChI is InChI=1S/C13H18BrN3O2/c1-9-12(18)15-4-3-5-17(9)8-10-6-11(14)7-16-13(10)19-2/h6-7,9H,3-5,8H2,1-2H3,(H,15,18)/t9-/m0/s1. The number of ether oxygens (including phenoxy) is 1. The smallest absolute Gasteiger partial charge is 0.237 e. The van der Waals surface area contributed by atoms with Crippen LogP contribution in [0.25, 0.3) is 0 Å². The molecule has 0 saturated carbocycles. The third-order valence-electron chi connectivity index (χ3n) is 3.31. The number of nitrogens with zero attached hydrogens (tertiary/aromatic N) is 2. The number of carbonyl (C=O) groups is 1. The van der Waals surface area contributed by atoms with Gasteiger partial charge in [-0.1, -0.05) is 0 Å². The SMILES string of the molecule is COc1ncc(Br)cc1CN1CCCNC(=O)[C@@H]1C. The largest absolute Gasteiger partial charge is 0.481 e. The molecular formula is C13H18BrN3O2. The molecule has 1 saturated heterocycles. The Morgan fingerprint density at radius 1 is 1.63 bits per heavy atom. The van der Waals surface area contributed by atoms with E-state index in [9.17, 15) is 4.79 Å². The third kappa shape index (κ3) is 3.45. The number of rotatable bonds is 3. The first-order valence-corrected chi connectivity index (χ1v) is 7.11. The van der Waals surface area contributed by atoms with Gasteiger partial charge >= 0.3 is 0 Å². The summed E-state index contributed by atoms with van der Waals surface area (Å²) in [6, 6.07) is 1.85. The molecule has 2 rings (SSSR count). The normalized spacial score (nSPS) is 20.8. The number of methoxy groups -OCH3 is 1. The highest BCUT2D eigenvalue weighted by molar-refractivity contribution is 9.10. The predicted octanol–water partition coefficient (Wildman–Crippen LogP) is 1.56. The second-order valence-corrected chi connectivity index (χ2v) is 5.53. The summed E-state index contributed by atoms with van der Waals surface area (Å²) in [7, 11) is 1.61. The van der Waals surface area contributed by atoms with Gasteiger partial charge in [0.1, 0.15) is 0 Å². The highest BCUT2D eigenvalue weighted by atomic mass is 79.9. The summed E-state index contributed by atoms with van der Waals surface area (Å²) in [4.78, 5) is 18.2. The van der Waals surface area contributed by atoms with Gasteiger partial charge in [0.2, 0.25) is 11.8 Å². The molecule has 1 amide bonds. The van der Waals surface area contributed by atoms with E-state index in [4.69, 9.17) is 4.74 Å². The number of pyridine rings is 1. The minimum Gasteiger partial charge on any atom is -0.481 e. The molecule has 1 aromatic rings. The van der Waals surface area contributed by atoms with Crippen LogP contribution in [0.4, 0.5) is 0 Å². The molecule has 19 heavy (non-hydrogen) atoms. The predicted molar refractivity (Wildman–Crippen MR) is 76.0 cm³/mol. The lowest BCUT2D eigenvalue weighted by molar-refractivity contribution is -0.125. The minimum atomic E-state index is -0.133. The molecule has 0 aromatic carbocycles. The molecule has 0 aliphatic carbocycles. The fourth-order valence-electron chi connectivity index (χ4n) is 2.20. The molecule has 0 bridgehead atoms. The molecule has 1 aromatic heterocycles. The number of amides is 1. The van der Waals surface area contributed by atoms with Gasteiger partial charge in [0.05, 0.1) is 13.2 Å². The topological polar surface area (TPSA) is 54.5 Å². The van der Waals surface area contributed by atoms with Crippen molar-refractivity contribution in [3.8, 4) is 5.88 Å². The molecule has 6 heteroatoms. The molecule has 1 N–H and O–H groups in total. The van der Waals surface area contributed by atoms with Gasteiger partial charge in [0, 0.05) is 35.9 Å². The first-order chi connectivity index (χ1) is 9.11. The van der Waals surface area contributed by atoms with Crippen LogP contribution in [-0.4, -0.2) is 42.0 Å². The van der Waals surface area contributed by atoms with Crippen LogP contribution in [0.5, 0.6) is 5.88 Å². The van der Waals surface area contributed by atoms with Crippen molar-refractivity contribution < 1.29 is 9.53 Å². The molecule has 0 spiro atoms. The van der Waals surface area contributed by atoms with Crippen LogP contribution in [0.2, 0.25) is 0 Å². The summed E-state index contributed by atoms with van der Waals surface area (Å²) in [6.07, 6.45) is 2.67. The molecule has 1 atom stereocenters. The van der Waals surface area contributed by atoms with E-state index in [2.05, 4.69) is 31.1 Å². The number of aromatic nitrogens is 1. The zero-order valence-electron chi connectivity index (χ0n) is 11.1. The average Bonchev–Trinajstić information content (AvgIpc) is 2.55. The quantitative estimate of drug-likeness (QED) is 0.915. The number of nitrogens with one attached hydrogen (secondary N) is 1. The van der Waals surface area contributed by atoms with E-state index in [1.807, 2.05) is 13.0 Å². The highest BCUT2D eigenvalue weighted by Crippen LogP contribution is 2.22. The lowest BCUT2D eigenvalue weighted by Gasteiger charge is -2.25. The fraction of sp³-hybridized carbons (Fsp3) is 0.538. The van der Waals surface area contributed by atoms with Gasteiger partial charge in [-0.25, -0.2) is 4.98 Å². The molecular weight excluding hydrogens is 310 g/mol. The Labute approximate surface area is 121 Å². The number of hydrogen-bond donors (Lipinski definition) is 1. The maximum Gasteiger partial charge on any atom is 0.237 e. The van der Waals surface area contributed by atoms with Crippen molar-refractivity contribution in [1.29, 1.82) is 0 Å². The average molecular weight is 328 g/mol. The van der Waals surface area contributed by atoms with Crippen molar-refractivity contribution >= 4 is 21.8 Å². The van der Waals surface area contributed by atoms with Crippen LogP contribution in [0, 0.1) is 0 Å². The molecule has 1 fully saturated rings. The first kappa shape index (κ1) is 14.3. The van der Waals surface area contributed by atoms with Crippen LogP contribution in [0.1, 0.15) is 18.9 Å². The van der Waals surface area contributed by atoms with Gasteiger partial charge in [0.25, 0.3) is 0 Å². The van der Waals surface area contributed by atoms with Gasteiger partial charge in [-0.05, 0) is 35.3 Å². The first-order valence-electron chi connectivity index (χ1n) is 6.32. The molecule has 1 aliphatic heterocycles. The minimum absolute atomic E-state index is 0.0828. The summed E-state index contributed by atoms with van der Waals surface area (Å²) in [6.45, 7) is 4.21. The van der Waals surface area contributed by atoms with Crippen LogP contribution < -0.4 is 10.1 Å². The van der Waals surface area contributed by atoms with Crippen molar-refractivity contribution in [2.24, 2.45) is 0 Å². The molecule has 104 valence electrons. The van der Waals surface area contributed by atoms with Gasteiger partial charge in [0.15, 0.2) is 0 Å². The van der Waals surface area contributed by atoms with Crippen molar-refractivity contribution in [3.05, 3.63) is 22.3 Å². The van der Waals surface area contributed by atoms with Crippen molar-refractivity contribution in [1.82, 2.24) is 15.2 Å². The van der Waals surface area contributed by atoms with Crippen LogP contribution in [-0.2, 0) is 11.3 Å². The van der Waals surface area contributed by atoms with E-state index in [0.29, 0.717) is 12.4 Å². The van der Waals surface area contributed by atoms with E-state index in [0.717, 1.165) is 29.5 Å². The van der Waals surface area contributed by atoms with E-state index in [1.54, 1.807) is 13.3 Å². The van der Waals surface area contributed by atoms with Crippen LogP contribution in [0.3, 0.4) is 0 Å². The Morgan fingerprint density at radius 2 is 2.42 bits per heavy atom. The molecule has 0 unspecified atom stereocenters. The maximum atomic E-state index is 11.8. The van der Waals surface area contributed by atoms with Crippen LogP contribution >= 0.6 is 15.9 Å². The lowest BCUT2D eigenvalue weighted by Crippen LogP contribution is -2.41. The summed E-state index contributed by atoms with van der Waals surface area (Å²) in [5.41, 5.74) is 0.985. The molecule has 0 radical (unpaired) electrons. The van der Waals surface area contributed by atoms with E-state index in [-0.39, 0.29) is 11.9 Å². The summed E-state index contributed by atoms with van der Waals surface area (Å²) < 4.78 is 6.19. The molecule has 1 aliphatic rings.